The number of ether oxygens (including phenoxy) is 2. The number of nitrogens with zero attached hydrogens (tertiary/aromatic N) is 3. The van der Waals surface area contributed by atoms with Gasteiger partial charge in [-0.15, -0.1) is 0 Å². The molecule has 0 radical (unpaired) electrons. The molecular weight excluding hydrogens is 436 g/mol. The number of carbonyl (C=O) groups is 2. The number of aliphatic hydroxyl groups is 1. The van der Waals surface area contributed by atoms with Crippen molar-refractivity contribution in [3.05, 3.63) is 53.9 Å². The first-order valence-corrected chi connectivity index (χ1v) is 10.4. The van der Waals surface area contributed by atoms with Crippen molar-refractivity contribution in [2.45, 2.75) is 39.5 Å². The number of halogens is 2. The first-order chi connectivity index (χ1) is 15.6. The van der Waals surface area contributed by atoms with Gasteiger partial charge in [-0.1, -0.05) is 38.1 Å². The minimum Gasteiger partial charge on any atom is -0.449 e. The summed E-state index contributed by atoms with van der Waals surface area (Å²) in [6.45, 7) is 5.23. The average Bonchev–Trinajstić information content (AvgIpc) is 3.19. The van der Waals surface area contributed by atoms with Crippen molar-refractivity contribution in [1.82, 2.24) is 9.55 Å². The first-order valence-electron chi connectivity index (χ1n) is 10.4. The standard InChI is InChI=1S/C23H23F2N3O5/c1-13(2)11-32-22(31)28-12-26-19-15(6-4-8-17(19)28)10-27-18-9-5-7-16(14(3)29)20(18)33-23(24,25)21(27)30/h4-9,12-14,29H,10-11H2,1-3H3/t14-/m0/s1. The number of anilines is 1. The third-order valence-corrected chi connectivity index (χ3v) is 5.22. The van der Waals surface area contributed by atoms with Gasteiger partial charge in [0.1, 0.15) is 6.33 Å². The van der Waals surface area contributed by atoms with Crippen molar-refractivity contribution in [1.29, 1.82) is 0 Å². The van der Waals surface area contributed by atoms with E-state index in [1.165, 1.54) is 30.0 Å². The van der Waals surface area contributed by atoms with Gasteiger partial charge in [-0.2, -0.15) is 8.78 Å². The number of aromatic nitrogens is 2. The highest BCUT2D eigenvalue weighted by Crippen LogP contribution is 2.44. The highest BCUT2D eigenvalue weighted by Gasteiger charge is 2.51. The maximum Gasteiger partial charge on any atom is 0.483 e. The molecule has 3 aromatic rings. The average molecular weight is 459 g/mol. The zero-order valence-electron chi connectivity index (χ0n) is 18.3. The Morgan fingerprint density at radius 1 is 1.21 bits per heavy atom. The Morgan fingerprint density at radius 3 is 2.64 bits per heavy atom. The number of carbonyl (C=O) groups excluding carboxylic acids is 2. The van der Waals surface area contributed by atoms with Crippen molar-refractivity contribution < 1.29 is 33.0 Å². The molecule has 1 N–H and O–H groups in total. The van der Waals surface area contributed by atoms with E-state index in [4.69, 9.17) is 9.47 Å². The number of alkyl halides is 2. The molecule has 33 heavy (non-hydrogen) atoms. The van der Waals surface area contributed by atoms with Crippen LogP contribution < -0.4 is 9.64 Å². The topological polar surface area (TPSA) is 93.9 Å². The van der Waals surface area contributed by atoms with E-state index >= 15 is 0 Å². The molecule has 0 unspecified atom stereocenters. The van der Waals surface area contributed by atoms with Gasteiger partial charge in [0.25, 0.3) is 0 Å². The van der Waals surface area contributed by atoms with Gasteiger partial charge >= 0.3 is 18.1 Å². The summed E-state index contributed by atoms with van der Waals surface area (Å²) in [4.78, 5) is 30.2. The number of fused-ring (bicyclic) bond motifs is 2. The molecule has 1 atom stereocenters. The molecule has 0 saturated heterocycles. The third-order valence-electron chi connectivity index (χ3n) is 5.22. The molecule has 0 aliphatic carbocycles. The van der Waals surface area contributed by atoms with Gasteiger partial charge in [-0.25, -0.2) is 14.3 Å². The van der Waals surface area contributed by atoms with E-state index in [1.54, 1.807) is 24.3 Å². The number of amides is 1. The number of benzene rings is 2. The number of rotatable bonds is 5. The molecule has 1 aliphatic rings. The van der Waals surface area contributed by atoms with E-state index in [9.17, 15) is 23.5 Å². The van der Waals surface area contributed by atoms with E-state index in [0.717, 1.165) is 4.90 Å². The summed E-state index contributed by atoms with van der Waals surface area (Å²) in [5, 5.41) is 9.98. The summed E-state index contributed by atoms with van der Waals surface area (Å²) < 4.78 is 40.1. The lowest BCUT2D eigenvalue weighted by Gasteiger charge is -2.35. The summed E-state index contributed by atoms with van der Waals surface area (Å²) in [6.07, 6.45) is -4.50. The van der Waals surface area contributed by atoms with E-state index in [-0.39, 0.29) is 36.1 Å². The second kappa shape index (κ2) is 8.43. The summed E-state index contributed by atoms with van der Waals surface area (Å²) >= 11 is 0. The van der Waals surface area contributed by atoms with Crippen LogP contribution in [0.5, 0.6) is 5.75 Å². The summed E-state index contributed by atoms with van der Waals surface area (Å²) in [5.74, 6) is -1.64. The fraction of sp³-hybridized carbons (Fsp3) is 0.348. The molecule has 0 saturated carbocycles. The Balaban J connectivity index is 1.74. The van der Waals surface area contributed by atoms with Crippen LogP contribution >= 0.6 is 0 Å². The molecule has 1 aliphatic heterocycles. The molecule has 2 aromatic carbocycles. The Kier molecular flexibility index (Phi) is 5.79. The van der Waals surface area contributed by atoms with Crippen LogP contribution in [-0.4, -0.2) is 39.4 Å². The normalized spacial score (nSPS) is 16.0. The van der Waals surface area contributed by atoms with E-state index in [0.29, 0.717) is 16.6 Å². The van der Waals surface area contributed by atoms with Crippen LogP contribution in [0.3, 0.4) is 0 Å². The van der Waals surface area contributed by atoms with Crippen LogP contribution in [-0.2, 0) is 16.1 Å². The maximum atomic E-state index is 14.5. The fourth-order valence-electron chi connectivity index (χ4n) is 3.64. The zero-order valence-corrected chi connectivity index (χ0v) is 18.3. The molecule has 174 valence electrons. The minimum atomic E-state index is -4.11. The lowest BCUT2D eigenvalue weighted by atomic mass is 10.0. The smallest absolute Gasteiger partial charge is 0.449 e. The molecule has 8 nitrogen and oxygen atoms in total. The van der Waals surface area contributed by atoms with Gasteiger partial charge in [0.15, 0.2) is 5.75 Å². The number of imidazole rings is 1. The Hall–Kier alpha value is -3.53. The first kappa shape index (κ1) is 22.7. The van der Waals surface area contributed by atoms with Crippen LogP contribution in [0.25, 0.3) is 11.0 Å². The van der Waals surface area contributed by atoms with Gasteiger partial charge in [0.05, 0.1) is 36.0 Å². The molecule has 4 rings (SSSR count). The Morgan fingerprint density at radius 2 is 1.94 bits per heavy atom. The second-order valence-corrected chi connectivity index (χ2v) is 8.25. The summed E-state index contributed by atoms with van der Waals surface area (Å²) in [6, 6.07) is 9.40. The van der Waals surface area contributed by atoms with Gasteiger partial charge in [-0.3, -0.25) is 9.69 Å². The van der Waals surface area contributed by atoms with Crippen LogP contribution in [0.4, 0.5) is 19.3 Å². The van der Waals surface area contributed by atoms with Crippen molar-refractivity contribution in [2.75, 3.05) is 11.5 Å². The van der Waals surface area contributed by atoms with Gasteiger partial charge < -0.3 is 14.6 Å². The van der Waals surface area contributed by atoms with Crippen LogP contribution in [0.15, 0.2) is 42.7 Å². The maximum absolute atomic E-state index is 14.5. The second-order valence-electron chi connectivity index (χ2n) is 8.25. The number of hydrogen-bond donors (Lipinski definition) is 1. The zero-order chi connectivity index (χ0) is 23.9. The monoisotopic (exact) mass is 459 g/mol. The van der Waals surface area contributed by atoms with Crippen LogP contribution in [0.1, 0.15) is 38.0 Å². The van der Waals surface area contributed by atoms with Gasteiger partial charge in [0.2, 0.25) is 0 Å². The molecular formula is C23H23F2N3O5. The van der Waals surface area contributed by atoms with Crippen molar-refractivity contribution in [2.24, 2.45) is 5.92 Å². The molecule has 2 heterocycles. The quantitative estimate of drug-likeness (QED) is 0.613. The molecule has 1 amide bonds. The third kappa shape index (κ3) is 4.13. The summed E-state index contributed by atoms with van der Waals surface area (Å²) in [5.41, 5.74) is 1.49. The summed E-state index contributed by atoms with van der Waals surface area (Å²) in [7, 11) is 0. The van der Waals surface area contributed by atoms with Gasteiger partial charge in [0, 0.05) is 5.56 Å². The lowest BCUT2D eigenvalue weighted by molar-refractivity contribution is -0.193. The molecule has 1 aromatic heterocycles. The van der Waals surface area contributed by atoms with E-state index in [2.05, 4.69) is 4.98 Å². The van der Waals surface area contributed by atoms with Gasteiger partial charge in [-0.05, 0) is 30.5 Å². The van der Waals surface area contributed by atoms with E-state index in [1.807, 2.05) is 13.8 Å². The highest BCUT2D eigenvalue weighted by molar-refractivity contribution is 6.01. The Bertz CT molecular complexity index is 1220. The highest BCUT2D eigenvalue weighted by atomic mass is 19.3. The predicted octanol–water partition coefficient (Wildman–Crippen LogP) is 4.25. The molecule has 0 fully saturated rings. The Labute approximate surface area is 188 Å². The van der Waals surface area contributed by atoms with Crippen molar-refractivity contribution in [3.63, 3.8) is 0 Å². The number of para-hydroxylation sites is 2. The minimum absolute atomic E-state index is 0.108. The predicted molar refractivity (Wildman–Crippen MR) is 115 cm³/mol. The van der Waals surface area contributed by atoms with Crippen LogP contribution in [0, 0.1) is 5.92 Å². The molecule has 0 spiro atoms. The molecule has 0 bridgehead atoms. The van der Waals surface area contributed by atoms with E-state index < -0.39 is 24.2 Å². The fourth-order valence-corrected chi connectivity index (χ4v) is 3.64. The number of aliphatic hydroxyl groups excluding tert-OH is 1. The lowest BCUT2D eigenvalue weighted by Crippen LogP contribution is -2.50. The SMILES string of the molecule is CC(C)COC(=O)n1cnc2c(CN3C(=O)C(F)(F)Oc4c([C@H](C)O)cccc43)cccc21. The largest absolute Gasteiger partial charge is 0.483 e. The van der Waals surface area contributed by atoms with Crippen molar-refractivity contribution >= 4 is 28.7 Å². The van der Waals surface area contributed by atoms with Crippen LogP contribution in [0.2, 0.25) is 0 Å². The molecule has 10 heteroatoms. The number of hydrogen-bond acceptors (Lipinski definition) is 6. The van der Waals surface area contributed by atoms with Crippen molar-refractivity contribution in [3.8, 4) is 5.75 Å².